The van der Waals surface area contributed by atoms with Gasteiger partial charge in [0.25, 0.3) is 11.8 Å². The zero-order valence-electron chi connectivity index (χ0n) is 18.0. The number of aromatic nitrogens is 1. The number of carbonyl (C=O) groups excluding carboxylic acids is 2. The molecule has 0 aliphatic heterocycles. The Labute approximate surface area is 182 Å². The van der Waals surface area contributed by atoms with Crippen molar-refractivity contribution in [2.24, 2.45) is 0 Å². The van der Waals surface area contributed by atoms with Gasteiger partial charge in [-0.1, -0.05) is 60.7 Å². The molecule has 1 heterocycles. The molecule has 0 bridgehead atoms. The predicted molar refractivity (Wildman–Crippen MR) is 121 cm³/mol. The fourth-order valence-corrected chi connectivity index (χ4v) is 3.31. The van der Waals surface area contributed by atoms with Gasteiger partial charge < -0.3 is 14.8 Å². The summed E-state index contributed by atoms with van der Waals surface area (Å²) in [6.07, 6.45) is 3.05. The van der Waals surface area contributed by atoms with Crippen LogP contribution in [0.1, 0.15) is 45.7 Å². The molecule has 2 aromatic carbocycles. The Hall–Kier alpha value is -3.67. The van der Waals surface area contributed by atoms with Crippen LogP contribution in [0.2, 0.25) is 0 Å². The first kappa shape index (κ1) is 22.0. The summed E-state index contributed by atoms with van der Waals surface area (Å²) in [5.74, 6) is -0.906. The van der Waals surface area contributed by atoms with Crippen molar-refractivity contribution in [3.8, 4) is 0 Å². The molecule has 31 heavy (non-hydrogen) atoms. The Morgan fingerprint density at radius 3 is 2.03 bits per heavy atom. The molecule has 0 saturated heterocycles. The Morgan fingerprint density at radius 1 is 0.903 bits per heavy atom. The minimum Gasteiger partial charge on any atom is -0.350 e. The normalized spacial score (nSPS) is 10.7. The van der Waals surface area contributed by atoms with Crippen LogP contribution in [0, 0.1) is 0 Å². The topological polar surface area (TPSA) is 71.4 Å². The van der Waals surface area contributed by atoms with E-state index in [0.29, 0.717) is 13.1 Å². The Kier molecular flexibility index (Phi) is 7.03. The molecule has 0 fully saturated rings. The van der Waals surface area contributed by atoms with Crippen LogP contribution in [0.5, 0.6) is 0 Å². The molecule has 3 aromatic rings. The monoisotopic (exact) mass is 417 g/mol. The van der Waals surface area contributed by atoms with Gasteiger partial charge in [-0.2, -0.15) is 0 Å². The summed E-state index contributed by atoms with van der Waals surface area (Å²) < 4.78 is 1.72. The highest BCUT2D eigenvalue weighted by Crippen LogP contribution is 2.10. The maximum Gasteiger partial charge on any atom is 0.259 e. The van der Waals surface area contributed by atoms with Crippen LogP contribution in [0.15, 0.2) is 77.9 Å². The number of pyridine rings is 1. The molecule has 0 aliphatic rings. The number of hydrogen-bond acceptors (Lipinski definition) is 3. The summed E-state index contributed by atoms with van der Waals surface area (Å²) in [6.45, 7) is 4.44. The Bertz CT molecular complexity index is 1110. The number of rotatable bonds is 7. The molecule has 0 unspecified atom stereocenters. The molecule has 1 aromatic heterocycles. The zero-order chi connectivity index (χ0) is 22.4. The van der Waals surface area contributed by atoms with Crippen molar-refractivity contribution in [3.63, 3.8) is 0 Å². The zero-order valence-corrected chi connectivity index (χ0v) is 18.0. The molecule has 0 radical (unpaired) electrons. The van der Waals surface area contributed by atoms with Gasteiger partial charge in [-0.15, -0.1) is 0 Å². The van der Waals surface area contributed by atoms with Crippen molar-refractivity contribution in [1.29, 1.82) is 0 Å². The van der Waals surface area contributed by atoms with E-state index in [0.717, 1.165) is 11.1 Å². The molecule has 0 spiro atoms. The first-order valence-electron chi connectivity index (χ1n) is 10.2. The van der Waals surface area contributed by atoms with Gasteiger partial charge >= 0.3 is 0 Å². The molecule has 3 rings (SSSR count). The van der Waals surface area contributed by atoms with Crippen molar-refractivity contribution in [1.82, 2.24) is 14.8 Å². The van der Waals surface area contributed by atoms with E-state index in [1.165, 1.54) is 17.3 Å². The van der Waals surface area contributed by atoms with Crippen molar-refractivity contribution in [3.05, 3.63) is 106 Å². The summed E-state index contributed by atoms with van der Waals surface area (Å²) >= 11 is 0. The predicted octanol–water partition coefficient (Wildman–Crippen LogP) is 3.31. The summed E-state index contributed by atoms with van der Waals surface area (Å²) in [5.41, 5.74) is 1.33. The van der Waals surface area contributed by atoms with Crippen LogP contribution in [-0.4, -0.2) is 34.4 Å². The van der Waals surface area contributed by atoms with E-state index < -0.39 is 17.2 Å². The molecule has 0 aliphatic carbocycles. The Morgan fingerprint density at radius 2 is 1.45 bits per heavy atom. The van der Waals surface area contributed by atoms with Crippen LogP contribution in [0.3, 0.4) is 0 Å². The van der Waals surface area contributed by atoms with E-state index in [1.54, 1.807) is 11.6 Å². The number of amides is 2. The van der Waals surface area contributed by atoms with E-state index >= 15 is 0 Å². The molecule has 0 atom stereocenters. The third-order valence-corrected chi connectivity index (χ3v) is 4.79. The van der Waals surface area contributed by atoms with E-state index in [4.69, 9.17) is 0 Å². The summed E-state index contributed by atoms with van der Waals surface area (Å²) in [4.78, 5) is 40.4. The lowest BCUT2D eigenvalue weighted by Gasteiger charge is -2.19. The maximum atomic E-state index is 13.2. The molecule has 2 amide bonds. The van der Waals surface area contributed by atoms with Crippen LogP contribution >= 0.6 is 0 Å². The van der Waals surface area contributed by atoms with Gasteiger partial charge in [0.1, 0.15) is 11.1 Å². The highest BCUT2D eigenvalue weighted by Gasteiger charge is 2.22. The van der Waals surface area contributed by atoms with Crippen LogP contribution < -0.4 is 10.7 Å². The van der Waals surface area contributed by atoms with Gasteiger partial charge in [-0.3, -0.25) is 14.4 Å². The quantitative estimate of drug-likeness (QED) is 0.641. The molecular formula is C25H27N3O3. The molecular weight excluding hydrogens is 390 g/mol. The lowest BCUT2D eigenvalue weighted by atomic mass is 10.1. The third kappa shape index (κ3) is 5.69. The summed E-state index contributed by atoms with van der Waals surface area (Å²) in [5, 5.41) is 2.75. The second-order valence-electron chi connectivity index (χ2n) is 7.85. The van der Waals surface area contributed by atoms with Crippen LogP contribution in [0.4, 0.5) is 0 Å². The number of nitrogens with zero attached hydrogens (tertiary/aromatic N) is 2. The molecule has 1 N–H and O–H groups in total. The summed E-state index contributed by atoms with van der Waals surface area (Å²) in [7, 11) is 1.65. The lowest BCUT2D eigenvalue weighted by Crippen LogP contribution is -2.38. The van der Waals surface area contributed by atoms with Crippen LogP contribution in [0.25, 0.3) is 0 Å². The van der Waals surface area contributed by atoms with Crippen molar-refractivity contribution >= 4 is 11.8 Å². The SMILES string of the molecule is CC(C)NC(=O)c1cn(Cc2ccccc2)cc(C(=O)N(C)Cc2ccccc2)c1=O. The van der Waals surface area contributed by atoms with E-state index in [1.807, 2.05) is 74.5 Å². The number of benzene rings is 2. The Balaban J connectivity index is 1.98. The molecule has 6 heteroatoms. The third-order valence-electron chi connectivity index (χ3n) is 4.79. The second-order valence-corrected chi connectivity index (χ2v) is 7.85. The van der Waals surface area contributed by atoms with Crippen LogP contribution in [-0.2, 0) is 13.1 Å². The number of nitrogens with one attached hydrogen (secondary N) is 1. The van der Waals surface area contributed by atoms with E-state index in [9.17, 15) is 14.4 Å². The molecule has 6 nitrogen and oxygen atoms in total. The molecule has 160 valence electrons. The smallest absolute Gasteiger partial charge is 0.259 e. The van der Waals surface area contributed by atoms with Gasteiger partial charge in [0, 0.05) is 38.6 Å². The van der Waals surface area contributed by atoms with Gasteiger partial charge in [0.2, 0.25) is 5.43 Å². The van der Waals surface area contributed by atoms with Crippen molar-refractivity contribution in [2.75, 3.05) is 7.05 Å². The minimum absolute atomic E-state index is 0.0224. The van der Waals surface area contributed by atoms with Crippen molar-refractivity contribution < 1.29 is 9.59 Å². The van der Waals surface area contributed by atoms with E-state index in [2.05, 4.69) is 5.32 Å². The average Bonchev–Trinajstić information content (AvgIpc) is 2.75. The lowest BCUT2D eigenvalue weighted by molar-refractivity contribution is 0.0783. The summed E-state index contributed by atoms with van der Waals surface area (Å²) in [6, 6.07) is 19.1. The van der Waals surface area contributed by atoms with Gasteiger partial charge in [0.15, 0.2) is 0 Å². The highest BCUT2D eigenvalue weighted by atomic mass is 16.2. The average molecular weight is 418 g/mol. The first-order valence-corrected chi connectivity index (χ1v) is 10.2. The van der Waals surface area contributed by atoms with Gasteiger partial charge in [0.05, 0.1) is 0 Å². The van der Waals surface area contributed by atoms with Crippen molar-refractivity contribution in [2.45, 2.75) is 33.0 Å². The highest BCUT2D eigenvalue weighted by molar-refractivity contribution is 5.99. The van der Waals surface area contributed by atoms with Gasteiger partial charge in [-0.25, -0.2) is 0 Å². The first-order chi connectivity index (χ1) is 14.8. The number of hydrogen-bond donors (Lipinski definition) is 1. The minimum atomic E-state index is -0.563. The largest absolute Gasteiger partial charge is 0.350 e. The second kappa shape index (κ2) is 9.89. The fourth-order valence-electron chi connectivity index (χ4n) is 3.31. The standard InChI is InChI=1S/C25H27N3O3/c1-18(2)26-24(30)21-16-28(15-20-12-8-5-9-13-20)17-22(23(21)29)25(31)27(3)14-19-10-6-4-7-11-19/h4-13,16-18H,14-15H2,1-3H3,(H,26,30). The fraction of sp³-hybridized carbons (Fsp3) is 0.240. The van der Waals surface area contributed by atoms with Gasteiger partial charge in [-0.05, 0) is 25.0 Å². The molecule has 0 saturated carbocycles. The maximum absolute atomic E-state index is 13.2. The van der Waals surface area contributed by atoms with E-state index in [-0.39, 0.29) is 17.2 Å². The number of carbonyl (C=O) groups is 2.